The molecule has 1 fully saturated rings. The molecule has 1 saturated heterocycles. The summed E-state index contributed by atoms with van der Waals surface area (Å²) in [6.45, 7) is 6.04. The summed E-state index contributed by atoms with van der Waals surface area (Å²) in [5, 5.41) is 0. The van der Waals surface area contributed by atoms with Gasteiger partial charge in [0.2, 0.25) is 10.0 Å². The van der Waals surface area contributed by atoms with Gasteiger partial charge in [-0.05, 0) is 24.7 Å². The molecule has 0 aliphatic carbocycles. The van der Waals surface area contributed by atoms with E-state index < -0.39 is 22.0 Å². The Bertz CT molecular complexity index is 397. The largest absolute Gasteiger partial charge is 0.468 e. The molecule has 0 aromatic heterocycles. The number of sulfonamides is 1. The van der Waals surface area contributed by atoms with Crippen molar-refractivity contribution >= 4 is 16.0 Å². The van der Waals surface area contributed by atoms with Crippen molar-refractivity contribution in [1.82, 2.24) is 4.31 Å². The van der Waals surface area contributed by atoms with Crippen molar-refractivity contribution < 1.29 is 17.9 Å². The monoisotopic (exact) mass is 277 g/mol. The van der Waals surface area contributed by atoms with Gasteiger partial charge in [-0.1, -0.05) is 20.8 Å². The van der Waals surface area contributed by atoms with E-state index in [4.69, 9.17) is 4.74 Å². The van der Waals surface area contributed by atoms with E-state index in [9.17, 15) is 13.2 Å². The third-order valence-electron chi connectivity index (χ3n) is 2.90. The Hall–Kier alpha value is -0.620. The summed E-state index contributed by atoms with van der Waals surface area (Å²) in [6, 6.07) is -0.643. The predicted octanol–water partition coefficient (Wildman–Crippen LogP) is 1.39. The lowest BCUT2D eigenvalue weighted by molar-refractivity contribution is -0.146. The Morgan fingerprint density at radius 3 is 2.44 bits per heavy atom. The van der Waals surface area contributed by atoms with E-state index >= 15 is 0 Å². The third-order valence-corrected chi connectivity index (χ3v) is 5.28. The van der Waals surface area contributed by atoms with E-state index in [-0.39, 0.29) is 11.2 Å². The summed E-state index contributed by atoms with van der Waals surface area (Å²) in [5.41, 5.74) is -0.322. The molecule has 0 aromatic rings. The van der Waals surface area contributed by atoms with Crippen LogP contribution in [0.25, 0.3) is 0 Å². The first-order chi connectivity index (χ1) is 8.17. The maximum atomic E-state index is 12.4. The van der Waals surface area contributed by atoms with Gasteiger partial charge < -0.3 is 4.74 Å². The lowest BCUT2D eigenvalue weighted by Crippen LogP contribution is -2.50. The highest BCUT2D eigenvalue weighted by atomic mass is 32.2. The second-order valence-corrected chi connectivity index (χ2v) is 7.88. The molecule has 0 spiro atoms. The van der Waals surface area contributed by atoms with E-state index in [0.29, 0.717) is 13.0 Å². The molecule has 1 aliphatic rings. The summed E-state index contributed by atoms with van der Waals surface area (Å²) in [7, 11) is -2.12. The molecule has 0 aromatic carbocycles. The van der Waals surface area contributed by atoms with Crippen LogP contribution >= 0.6 is 0 Å². The van der Waals surface area contributed by atoms with Crippen molar-refractivity contribution in [1.29, 1.82) is 0 Å². The van der Waals surface area contributed by atoms with E-state index in [2.05, 4.69) is 0 Å². The fourth-order valence-corrected chi connectivity index (χ4v) is 4.49. The van der Waals surface area contributed by atoms with Crippen molar-refractivity contribution in [2.75, 3.05) is 19.4 Å². The third kappa shape index (κ3) is 3.95. The molecule has 5 nitrogen and oxygen atoms in total. The van der Waals surface area contributed by atoms with Crippen LogP contribution < -0.4 is 0 Å². The van der Waals surface area contributed by atoms with Crippen LogP contribution in [-0.4, -0.2) is 44.1 Å². The molecule has 18 heavy (non-hydrogen) atoms. The van der Waals surface area contributed by atoms with E-state index in [0.717, 1.165) is 12.8 Å². The van der Waals surface area contributed by atoms with Crippen molar-refractivity contribution in [2.45, 2.75) is 46.1 Å². The van der Waals surface area contributed by atoms with Crippen LogP contribution in [0.3, 0.4) is 0 Å². The Balaban J connectivity index is 2.93. The number of rotatable bonds is 3. The van der Waals surface area contributed by atoms with E-state index in [1.54, 1.807) is 0 Å². The van der Waals surface area contributed by atoms with Gasteiger partial charge in [-0.25, -0.2) is 8.42 Å². The summed E-state index contributed by atoms with van der Waals surface area (Å²) >= 11 is 0. The topological polar surface area (TPSA) is 63.7 Å². The summed E-state index contributed by atoms with van der Waals surface area (Å²) in [5.74, 6) is -0.403. The number of ether oxygens (including phenoxy) is 1. The fourth-order valence-electron chi connectivity index (χ4n) is 2.24. The molecule has 6 heteroatoms. The van der Waals surface area contributed by atoms with Crippen LogP contribution in [0, 0.1) is 5.41 Å². The standard InChI is InChI=1S/C12H23NO4S/c1-12(2,3)9-18(15,16)13-8-6-5-7-10(13)11(14)17-4/h10H,5-9H2,1-4H3. The smallest absolute Gasteiger partial charge is 0.324 e. The zero-order chi connectivity index (χ0) is 14.0. The number of esters is 1. The van der Waals surface area contributed by atoms with Gasteiger partial charge in [-0.15, -0.1) is 0 Å². The molecule has 0 saturated carbocycles. The van der Waals surface area contributed by atoms with Gasteiger partial charge in [0, 0.05) is 6.54 Å². The number of hydrogen-bond donors (Lipinski definition) is 0. The van der Waals surface area contributed by atoms with Crippen molar-refractivity contribution in [3.63, 3.8) is 0 Å². The van der Waals surface area contributed by atoms with Gasteiger partial charge in [-0.2, -0.15) is 4.31 Å². The lowest BCUT2D eigenvalue weighted by atomic mass is 10.0. The highest BCUT2D eigenvalue weighted by molar-refractivity contribution is 7.89. The summed E-state index contributed by atoms with van der Waals surface area (Å²) in [6.07, 6.45) is 2.22. The van der Waals surface area contributed by atoms with Crippen LogP contribution in [0.2, 0.25) is 0 Å². The second kappa shape index (κ2) is 5.57. The molecule has 0 radical (unpaired) electrons. The maximum Gasteiger partial charge on any atom is 0.324 e. The van der Waals surface area contributed by atoms with Crippen LogP contribution in [0.15, 0.2) is 0 Å². The van der Waals surface area contributed by atoms with E-state index in [1.165, 1.54) is 11.4 Å². The quantitative estimate of drug-likeness (QED) is 0.731. The van der Waals surface area contributed by atoms with Gasteiger partial charge in [0.25, 0.3) is 0 Å². The minimum atomic E-state index is -3.41. The Labute approximate surface area is 110 Å². The number of methoxy groups -OCH3 is 1. The molecule has 1 heterocycles. The zero-order valence-electron chi connectivity index (χ0n) is 11.6. The SMILES string of the molecule is COC(=O)C1CCCCN1S(=O)(=O)CC(C)(C)C. The Morgan fingerprint density at radius 1 is 1.33 bits per heavy atom. The Kier molecular flexibility index (Phi) is 4.78. The number of nitrogens with zero attached hydrogens (tertiary/aromatic N) is 1. The van der Waals surface area contributed by atoms with Crippen molar-refractivity contribution in [3.05, 3.63) is 0 Å². The summed E-state index contributed by atoms with van der Waals surface area (Å²) in [4.78, 5) is 11.7. The van der Waals surface area contributed by atoms with Crippen LogP contribution in [0.4, 0.5) is 0 Å². The molecule has 1 aliphatic heterocycles. The number of carbonyl (C=O) groups excluding carboxylic acids is 1. The first kappa shape index (κ1) is 15.4. The first-order valence-electron chi connectivity index (χ1n) is 6.25. The molecule has 106 valence electrons. The van der Waals surface area contributed by atoms with Gasteiger partial charge in [0.1, 0.15) is 6.04 Å². The van der Waals surface area contributed by atoms with Gasteiger partial charge >= 0.3 is 5.97 Å². The summed E-state index contributed by atoms with van der Waals surface area (Å²) < 4.78 is 30.7. The van der Waals surface area contributed by atoms with Gasteiger partial charge in [-0.3, -0.25) is 4.79 Å². The average Bonchev–Trinajstić information content (AvgIpc) is 2.25. The zero-order valence-corrected chi connectivity index (χ0v) is 12.4. The molecule has 1 unspecified atom stereocenters. The minimum Gasteiger partial charge on any atom is -0.468 e. The normalized spacial score (nSPS) is 22.8. The number of hydrogen-bond acceptors (Lipinski definition) is 4. The van der Waals surface area contributed by atoms with Crippen molar-refractivity contribution in [3.8, 4) is 0 Å². The van der Waals surface area contributed by atoms with Gasteiger partial charge in [0.15, 0.2) is 0 Å². The number of piperidine rings is 1. The van der Waals surface area contributed by atoms with E-state index in [1.807, 2.05) is 20.8 Å². The van der Waals surface area contributed by atoms with Crippen LogP contribution in [0.5, 0.6) is 0 Å². The second-order valence-electron chi connectivity index (χ2n) is 5.96. The average molecular weight is 277 g/mol. The lowest BCUT2D eigenvalue weighted by Gasteiger charge is -2.34. The van der Waals surface area contributed by atoms with Crippen LogP contribution in [0.1, 0.15) is 40.0 Å². The maximum absolute atomic E-state index is 12.4. The molecular formula is C12H23NO4S. The molecule has 1 atom stereocenters. The number of carbonyl (C=O) groups is 1. The van der Waals surface area contributed by atoms with Crippen molar-refractivity contribution in [2.24, 2.45) is 5.41 Å². The highest BCUT2D eigenvalue weighted by Crippen LogP contribution is 2.25. The Morgan fingerprint density at radius 2 is 1.94 bits per heavy atom. The first-order valence-corrected chi connectivity index (χ1v) is 7.86. The van der Waals surface area contributed by atoms with Gasteiger partial charge in [0.05, 0.1) is 12.9 Å². The molecular weight excluding hydrogens is 254 g/mol. The predicted molar refractivity (Wildman–Crippen MR) is 69.6 cm³/mol. The fraction of sp³-hybridized carbons (Fsp3) is 0.917. The minimum absolute atomic E-state index is 0.0491. The molecule has 0 bridgehead atoms. The highest BCUT2D eigenvalue weighted by Gasteiger charge is 2.38. The van der Waals surface area contributed by atoms with Crippen LogP contribution in [-0.2, 0) is 19.6 Å². The molecule has 0 amide bonds. The molecule has 0 N–H and O–H groups in total. The molecule has 1 rings (SSSR count).